The molecule has 3 aromatic carbocycles. The number of para-hydroxylation sites is 1. The first-order valence-corrected chi connectivity index (χ1v) is 11.8. The molecule has 0 atom stereocenters. The number of nitrogens with one attached hydrogen (secondary N) is 2. The molecular weight excluding hydrogens is 434 g/mol. The highest BCUT2D eigenvalue weighted by atomic mass is 32.2. The number of carbonyl (C=O) groups is 3. The molecule has 7 heteroatoms. The van der Waals surface area contributed by atoms with Gasteiger partial charge in [0, 0.05) is 23.7 Å². The monoisotopic (exact) mass is 459 g/mol. The summed E-state index contributed by atoms with van der Waals surface area (Å²) in [6, 6.07) is 24.6. The summed E-state index contributed by atoms with van der Waals surface area (Å²) in [5, 5.41) is 5.46. The van der Waals surface area contributed by atoms with Crippen LogP contribution in [-0.2, 0) is 22.6 Å². The number of benzene rings is 3. The van der Waals surface area contributed by atoms with E-state index in [1.807, 2.05) is 71.6 Å². The minimum atomic E-state index is -0.341. The van der Waals surface area contributed by atoms with E-state index in [0.717, 1.165) is 17.7 Å². The average Bonchev–Trinajstić information content (AvgIpc) is 3.30. The molecular formula is C26H25N3O3S. The van der Waals surface area contributed by atoms with Crippen molar-refractivity contribution in [1.29, 1.82) is 0 Å². The van der Waals surface area contributed by atoms with Crippen LogP contribution in [0.15, 0.2) is 83.8 Å². The largest absolute Gasteiger partial charge is 0.350 e. The Morgan fingerprint density at radius 1 is 0.848 bits per heavy atom. The number of anilines is 1. The maximum atomic E-state index is 12.8. The van der Waals surface area contributed by atoms with Crippen LogP contribution < -0.4 is 15.5 Å². The van der Waals surface area contributed by atoms with Crippen LogP contribution in [0.2, 0.25) is 0 Å². The second kappa shape index (κ2) is 10.8. The Morgan fingerprint density at radius 3 is 2.42 bits per heavy atom. The van der Waals surface area contributed by atoms with E-state index in [0.29, 0.717) is 23.5 Å². The Balaban J connectivity index is 1.30. The Labute approximate surface area is 197 Å². The highest BCUT2D eigenvalue weighted by molar-refractivity contribution is 8.00. The molecule has 6 nitrogen and oxygen atoms in total. The quantitative estimate of drug-likeness (QED) is 0.506. The first-order valence-electron chi connectivity index (χ1n) is 10.8. The first-order chi connectivity index (χ1) is 16.1. The molecule has 33 heavy (non-hydrogen) atoms. The molecule has 0 saturated carbocycles. The van der Waals surface area contributed by atoms with E-state index >= 15 is 0 Å². The molecule has 3 amide bonds. The van der Waals surface area contributed by atoms with E-state index in [-0.39, 0.29) is 30.0 Å². The summed E-state index contributed by atoms with van der Waals surface area (Å²) in [5.41, 5.74) is 3.59. The molecule has 0 unspecified atom stereocenters. The van der Waals surface area contributed by atoms with Gasteiger partial charge in [0.25, 0.3) is 5.91 Å². The predicted molar refractivity (Wildman–Crippen MR) is 130 cm³/mol. The van der Waals surface area contributed by atoms with Gasteiger partial charge >= 0.3 is 0 Å². The Hall–Kier alpha value is -3.58. The van der Waals surface area contributed by atoms with Gasteiger partial charge in [0.05, 0.1) is 17.9 Å². The van der Waals surface area contributed by atoms with Crippen LogP contribution in [0.25, 0.3) is 0 Å². The van der Waals surface area contributed by atoms with Gasteiger partial charge in [-0.05, 0) is 35.7 Å². The van der Waals surface area contributed by atoms with Crippen LogP contribution in [-0.4, -0.2) is 36.6 Å². The van der Waals surface area contributed by atoms with Crippen molar-refractivity contribution in [2.75, 3.05) is 23.7 Å². The van der Waals surface area contributed by atoms with Crippen molar-refractivity contribution < 1.29 is 14.4 Å². The van der Waals surface area contributed by atoms with Gasteiger partial charge in [-0.2, -0.15) is 0 Å². The summed E-state index contributed by atoms with van der Waals surface area (Å²) in [7, 11) is 0. The molecule has 0 radical (unpaired) electrons. The van der Waals surface area contributed by atoms with Crippen molar-refractivity contribution in [3.8, 4) is 0 Å². The molecule has 3 aromatic rings. The van der Waals surface area contributed by atoms with Crippen LogP contribution in [0, 0.1) is 0 Å². The fourth-order valence-corrected chi connectivity index (χ4v) is 4.64. The summed E-state index contributed by atoms with van der Waals surface area (Å²) in [5.74, 6) is -0.358. The van der Waals surface area contributed by atoms with Gasteiger partial charge in [0.1, 0.15) is 0 Å². The van der Waals surface area contributed by atoms with Crippen molar-refractivity contribution in [3.63, 3.8) is 0 Å². The van der Waals surface area contributed by atoms with E-state index in [1.54, 1.807) is 12.1 Å². The van der Waals surface area contributed by atoms with Crippen molar-refractivity contribution in [1.82, 2.24) is 10.6 Å². The molecule has 1 heterocycles. The lowest BCUT2D eigenvalue weighted by Crippen LogP contribution is -2.36. The van der Waals surface area contributed by atoms with E-state index in [9.17, 15) is 14.4 Å². The highest BCUT2D eigenvalue weighted by Crippen LogP contribution is 2.29. The summed E-state index contributed by atoms with van der Waals surface area (Å²) in [4.78, 5) is 40.2. The van der Waals surface area contributed by atoms with Crippen LogP contribution in [0.3, 0.4) is 0 Å². The molecule has 0 spiro atoms. The first kappa shape index (κ1) is 22.6. The van der Waals surface area contributed by atoms with Gasteiger partial charge < -0.3 is 15.5 Å². The van der Waals surface area contributed by atoms with Crippen molar-refractivity contribution >= 4 is 35.2 Å². The minimum Gasteiger partial charge on any atom is -0.350 e. The molecule has 168 valence electrons. The van der Waals surface area contributed by atoms with Crippen LogP contribution in [0.5, 0.6) is 0 Å². The number of hydrogen-bond acceptors (Lipinski definition) is 4. The molecule has 1 aliphatic heterocycles. The lowest BCUT2D eigenvalue weighted by molar-refractivity contribution is -0.120. The van der Waals surface area contributed by atoms with Gasteiger partial charge in [-0.1, -0.05) is 60.7 Å². The fourth-order valence-electron chi connectivity index (χ4n) is 3.71. The van der Waals surface area contributed by atoms with E-state index in [1.165, 1.54) is 17.3 Å². The maximum absolute atomic E-state index is 12.8. The van der Waals surface area contributed by atoms with Gasteiger partial charge in [-0.15, -0.1) is 11.8 Å². The van der Waals surface area contributed by atoms with Crippen LogP contribution in [0.1, 0.15) is 21.5 Å². The molecule has 2 N–H and O–H groups in total. The van der Waals surface area contributed by atoms with E-state index in [4.69, 9.17) is 0 Å². The van der Waals surface area contributed by atoms with Crippen molar-refractivity contribution in [2.24, 2.45) is 0 Å². The Kier molecular flexibility index (Phi) is 7.42. The second-order valence-corrected chi connectivity index (χ2v) is 8.67. The molecule has 0 aromatic heterocycles. The standard InChI is InChI=1S/C26H25N3O3S/c30-24(27-16-19-8-2-1-3-9-19)17-28-26(32)21-11-5-7-13-23(21)33-18-25(31)29-15-14-20-10-4-6-12-22(20)29/h1-13H,14-18H2,(H,27,30)(H,28,32). The maximum Gasteiger partial charge on any atom is 0.252 e. The third-order valence-corrected chi connectivity index (χ3v) is 6.47. The summed E-state index contributed by atoms with van der Waals surface area (Å²) in [6.07, 6.45) is 0.859. The van der Waals surface area contributed by atoms with E-state index < -0.39 is 0 Å². The predicted octanol–water partition coefficient (Wildman–Crippen LogP) is 3.41. The zero-order valence-corrected chi connectivity index (χ0v) is 18.9. The zero-order chi connectivity index (χ0) is 23.0. The number of thioether (sulfide) groups is 1. The average molecular weight is 460 g/mol. The van der Waals surface area contributed by atoms with Gasteiger partial charge in [-0.3, -0.25) is 14.4 Å². The topological polar surface area (TPSA) is 78.5 Å². The third kappa shape index (κ3) is 5.81. The number of rotatable bonds is 8. The lowest BCUT2D eigenvalue weighted by atomic mass is 10.2. The molecule has 0 bridgehead atoms. The third-order valence-electron chi connectivity index (χ3n) is 5.41. The number of fused-ring (bicyclic) bond motifs is 1. The minimum absolute atomic E-state index is 0.0143. The molecule has 0 fully saturated rings. The summed E-state index contributed by atoms with van der Waals surface area (Å²) >= 11 is 1.33. The summed E-state index contributed by atoms with van der Waals surface area (Å²) in [6.45, 7) is 0.969. The van der Waals surface area contributed by atoms with Gasteiger partial charge in [0.2, 0.25) is 11.8 Å². The SMILES string of the molecule is O=C(CNC(=O)c1ccccc1SCC(=O)N1CCc2ccccc21)NCc1ccccc1. The zero-order valence-electron chi connectivity index (χ0n) is 18.1. The summed E-state index contributed by atoms with van der Waals surface area (Å²) < 4.78 is 0. The molecule has 4 rings (SSSR count). The van der Waals surface area contributed by atoms with Crippen molar-refractivity contribution in [2.45, 2.75) is 17.9 Å². The van der Waals surface area contributed by atoms with Crippen LogP contribution >= 0.6 is 11.8 Å². The van der Waals surface area contributed by atoms with Gasteiger partial charge in [-0.25, -0.2) is 0 Å². The molecule has 0 saturated heterocycles. The number of hydrogen-bond donors (Lipinski definition) is 2. The highest BCUT2D eigenvalue weighted by Gasteiger charge is 2.24. The molecule has 1 aliphatic rings. The Morgan fingerprint density at radius 2 is 1.58 bits per heavy atom. The smallest absolute Gasteiger partial charge is 0.252 e. The lowest BCUT2D eigenvalue weighted by Gasteiger charge is -2.17. The van der Waals surface area contributed by atoms with E-state index in [2.05, 4.69) is 10.6 Å². The van der Waals surface area contributed by atoms with Gasteiger partial charge in [0.15, 0.2) is 0 Å². The second-order valence-electron chi connectivity index (χ2n) is 7.65. The normalized spacial score (nSPS) is 12.2. The van der Waals surface area contributed by atoms with Crippen LogP contribution in [0.4, 0.5) is 5.69 Å². The molecule has 0 aliphatic carbocycles. The number of amides is 3. The Bertz CT molecular complexity index is 1150. The number of carbonyl (C=O) groups excluding carboxylic acids is 3. The number of nitrogens with zero attached hydrogens (tertiary/aromatic N) is 1. The van der Waals surface area contributed by atoms with Crippen molar-refractivity contribution in [3.05, 3.63) is 95.6 Å². The fraction of sp³-hybridized carbons (Fsp3) is 0.192.